The molecule has 2 aromatic heterocycles. The molecule has 140 valence electrons. The number of benzene rings is 1. The molecule has 0 aliphatic heterocycles. The van der Waals surface area contributed by atoms with Crippen LogP contribution in [0.15, 0.2) is 50.5 Å². The van der Waals surface area contributed by atoms with Gasteiger partial charge in [-0.25, -0.2) is 9.18 Å². The van der Waals surface area contributed by atoms with Gasteiger partial charge in [-0.3, -0.25) is 4.79 Å². The number of methoxy groups -OCH3 is 1. The minimum atomic E-state index is -0.553. The summed E-state index contributed by atoms with van der Waals surface area (Å²) in [6.07, 6.45) is 0. The van der Waals surface area contributed by atoms with Crippen molar-refractivity contribution in [2.45, 2.75) is 17.5 Å². The van der Waals surface area contributed by atoms with Crippen molar-refractivity contribution in [3.63, 3.8) is 0 Å². The molecule has 0 aliphatic rings. The van der Waals surface area contributed by atoms with E-state index in [2.05, 4.69) is 20.3 Å². The quantitative estimate of drug-likeness (QED) is 0.484. The number of amides is 1. The third-order valence-electron chi connectivity index (χ3n) is 3.34. The highest BCUT2D eigenvalue weighted by Gasteiger charge is 2.13. The highest BCUT2D eigenvalue weighted by Crippen LogP contribution is 2.23. The third-order valence-corrected chi connectivity index (χ3v) is 4.18. The first-order valence-electron chi connectivity index (χ1n) is 7.71. The molecule has 8 nitrogen and oxygen atoms in total. The Labute approximate surface area is 157 Å². The lowest BCUT2D eigenvalue weighted by Crippen LogP contribution is -2.22. The first-order chi connectivity index (χ1) is 13.0. The van der Waals surface area contributed by atoms with Gasteiger partial charge in [0.2, 0.25) is 11.7 Å². The summed E-state index contributed by atoms with van der Waals surface area (Å²) in [5.41, 5.74) is 0.324. The van der Waals surface area contributed by atoms with Crippen molar-refractivity contribution in [3.8, 4) is 0 Å². The number of hydrogen-bond donors (Lipinski definition) is 1. The lowest BCUT2D eigenvalue weighted by Gasteiger charge is -2.02. The summed E-state index contributed by atoms with van der Waals surface area (Å²) >= 11 is 1.22. The fourth-order valence-corrected chi connectivity index (χ4v) is 2.70. The summed E-state index contributed by atoms with van der Waals surface area (Å²) in [4.78, 5) is 23.3. The summed E-state index contributed by atoms with van der Waals surface area (Å²) < 4.78 is 28.2. The smallest absolute Gasteiger partial charge is 0.373 e. The maximum absolute atomic E-state index is 12.9. The zero-order valence-electron chi connectivity index (χ0n) is 14.1. The van der Waals surface area contributed by atoms with E-state index in [1.165, 1.54) is 49.2 Å². The van der Waals surface area contributed by atoms with E-state index < -0.39 is 11.8 Å². The van der Waals surface area contributed by atoms with E-state index in [4.69, 9.17) is 8.83 Å². The lowest BCUT2D eigenvalue weighted by atomic mass is 10.2. The molecule has 10 heteroatoms. The number of rotatable bonds is 7. The average molecular weight is 391 g/mol. The van der Waals surface area contributed by atoms with Gasteiger partial charge in [0.1, 0.15) is 11.6 Å². The Kier molecular flexibility index (Phi) is 5.87. The van der Waals surface area contributed by atoms with E-state index in [9.17, 15) is 14.0 Å². The van der Waals surface area contributed by atoms with Crippen LogP contribution in [-0.4, -0.2) is 29.2 Å². The molecule has 0 atom stereocenters. The Bertz CT molecular complexity index is 938. The molecule has 0 saturated heterocycles. The van der Waals surface area contributed by atoms with Crippen LogP contribution in [0.3, 0.4) is 0 Å². The SMILES string of the molecule is COC(=O)c1ccc(CSc2nnc(CNC(=O)c3ccc(F)cc3)o2)o1. The number of halogens is 1. The van der Waals surface area contributed by atoms with Gasteiger partial charge in [0.05, 0.1) is 19.4 Å². The standard InChI is InChI=1S/C17H14FN3O5S/c1-24-16(23)13-7-6-12(25-13)9-27-17-21-20-14(26-17)8-19-15(22)10-2-4-11(18)5-3-10/h2-7H,8-9H2,1H3,(H,19,22). The summed E-state index contributed by atoms with van der Waals surface area (Å²) in [6.45, 7) is 0.0387. The van der Waals surface area contributed by atoms with Gasteiger partial charge >= 0.3 is 5.97 Å². The molecular formula is C17H14FN3O5S. The highest BCUT2D eigenvalue weighted by molar-refractivity contribution is 7.98. The summed E-state index contributed by atoms with van der Waals surface area (Å²) in [5.74, 6) is -0.0900. The number of nitrogens with one attached hydrogen (secondary N) is 1. The zero-order valence-corrected chi connectivity index (χ0v) is 14.9. The Hall–Kier alpha value is -3.14. The van der Waals surface area contributed by atoms with Crippen LogP contribution in [-0.2, 0) is 17.0 Å². The van der Waals surface area contributed by atoms with Crippen LogP contribution in [0.5, 0.6) is 0 Å². The van der Waals surface area contributed by atoms with Gasteiger partial charge in [0.15, 0.2) is 0 Å². The number of nitrogens with zero attached hydrogens (tertiary/aromatic N) is 2. The average Bonchev–Trinajstić information content (AvgIpc) is 3.34. The molecule has 0 bridgehead atoms. The Morgan fingerprint density at radius 2 is 1.93 bits per heavy atom. The van der Waals surface area contributed by atoms with Crippen LogP contribution in [0, 0.1) is 5.82 Å². The first-order valence-corrected chi connectivity index (χ1v) is 8.69. The van der Waals surface area contributed by atoms with E-state index in [0.717, 1.165) is 0 Å². The van der Waals surface area contributed by atoms with Crippen molar-refractivity contribution in [1.29, 1.82) is 0 Å². The van der Waals surface area contributed by atoms with E-state index in [0.29, 0.717) is 17.1 Å². The molecule has 1 aromatic carbocycles. The van der Waals surface area contributed by atoms with Gasteiger partial charge in [-0.2, -0.15) is 0 Å². The molecule has 0 aliphatic carbocycles. The van der Waals surface area contributed by atoms with Crippen molar-refractivity contribution in [1.82, 2.24) is 15.5 Å². The molecule has 3 rings (SSSR count). The predicted octanol–water partition coefficient (Wildman–Crippen LogP) is 2.81. The summed E-state index contributed by atoms with van der Waals surface area (Å²) in [6, 6.07) is 8.34. The number of aromatic nitrogens is 2. The fraction of sp³-hybridized carbons (Fsp3) is 0.176. The lowest BCUT2D eigenvalue weighted by molar-refractivity contribution is 0.0563. The van der Waals surface area contributed by atoms with Crippen molar-refractivity contribution in [2.75, 3.05) is 7.11 Å². The molecule has 0 spiro atoms. The molecule has 1 amide bonds. The maximum Gasteiger partial charge on any atom is 0.373 e. The van der Waals surface area contributed by atoms with Crippen LogP contribution >= 0.6 is 11.8 Å². The number of esters is 1. The number of carbonyl (C=O) groups is 2. The molecule has 0 radical (unpaired) electrons. The third kappa shape index (κ3) is 4.94. The first kappa shape index (κ1) is 18.6. The predicted molar refractivity (Wildman–Crippen MR) is 91.5 cm³/mol. The van der Waals surface area contributed by atoms with Crippen LogP contribution in [0.2, 0.25) is 0 Å². The van der Waals surface area contributed by atoms with Crippen LogP contribution < -0.4 is 5.32 Å². The molecule has 1 N–H and O–H groups in total. The minimum absolute atomic E-state index is 0.0387. The summed E-state index contributed by atoms with van der Waals surface area (Å²) in [7, 11) is 1.27. The normalized spacial score (nSPS) is 10.6. The van der Waals surface area contributed by atoms with Gasteiger partial charge in [-0.05, 0) is 36.4 Å². The van der Waals surface area contributed by atoms with Crippen LogP contribution in [0.25, 0.3) is 0 Å². The topological polar surface area (TPSA) is 107 Å². The van der Waals surface area contributed by atoms with Gasteiger partial charge in [0.25, 0.3) is 11.1 Å². The second-order valence-corrected chi connectivity index (χ2v) is 6.12. The molecule has 0 saturated carbocycles. The Morgan fingerprint density at radius 3 is 2.67 bits per heavy atom. The number of furan rings is 1. The van der Waals surface area contributed by atoms with E-state index >= 15 is 0 Å². The van der Waals surface area contributed by atoms with Crippen LogP contribution in [0.1, 0.15) is 32.6 Å². The Balaban J connectivity index is 1.49. The van der Waals surface area contributed by atoms with Gasteiger partial charge in [-0.1, -0.05) is 11.8 Å². The Morgan fingerprint density at radius 1 is 1.15 bits per heavy atom. The highest BCUT2D eigenvalue weighted by atomic mass is 32.2. The molecule has 2 heterocycles. The maximum atomic E-state index is 12.9. The minimum Gasteiger partial charge on any atom is -0.463 e. The monoisotopic (exact) mass is 391 g/mol. The second kappa shape index (κ2) is 8.49. The van der Waals surface area contributed by atoms with E-state index in [1.807, 2.05) is 0 Å². The molecule has 0 unspecified atom stereocenters. The molecule has 3 aromatic rings. The fourth-order valence-electron chi connectivity index (χ4n) is 2.03. The van der Waals surface area contributed by atoms with Crippen molar-refractivity contribution in [2.24, 2.45) is 0 Å². The van der Waals surface area contributed by atoms with Gasteiger partial charge in [0, 0.05) is 5.56 Å². The van der Waals surface area contributed by atoms with E-state index in [-0.39, 0.29) is 29.3 Å². The number of hydrogen-bond acceptors (Lipinski definition) is 8. The van der Waals surface area contributed by atoms with Gasteiger partial charge < -0.3 is 18.9 Å². The molecule has 27 heavy (non-hydrogen) atoms. The number of ether oxygens (including phenoxy) is 1. The second-order valence-electron chi connectivity index (χ2n) is 5.20. The molecular weight excluding hydrogens is 377 g/mol. The van der Waals surface area contributed by atoms with Crippen molar-refractivity contribution in [3.05, 3.63) is 65.2 Å². The van der Waals surface area contributed by atoms with Crippen molar-refractivity contribution < 1.29 is 27.6 Å². The van der Waals surface area contributed by atoms with Crippen molar-refractivity contribution >= 4 is 23.6 Å². The summed E-state index contributed by atoms with van der Waals surface area (Å²) in [5, 5.41) is 10.6. The van der Waals surface area contributed by atoms with E-state index in [1.54, 1.807) is 6.07 Å². The van der Waals surface area contributed by atoms with Crippen LogP contribution in [0.4, 0.5) is 4.39 Å². The van der Waals surface area contributed by atoms with Gasteiger partial charge in [-0.15, -0.1) is 10.2 Å². The zero-order chi connectivity index (χ0) is 19.2. The largest absolute Gasteiger partial charge is 0.463 e. The number of carbonyl (C=O) groups excluding carboxylic acids is 2. The molecule has 0 fully saturated rings. The number of thioether (sulfide) groups is 1.